The molecule has 1 saturated heterocycles. The molecule has 1 aliphatic rings. The van der Waals surface area contributed by atoms with Crippen molar-refractivity contribution in [1.29, 1.82) is 0 Å². The van der Waals surface area contributed by atoms with E-state index in [1.165, 1.54) is 17.3 Å². The maximum Gasteiger partial charge on any atom is 0.266 e. The number of rotatable bonds is 4. The summed E-state index contributed by atoms with van der Waals surface area (Å²) in [5, 5.41) is 10.3. The third-order valence-corrected chi connectivity index (χ3v) is 4.87. The van der Waals surface area contributed by atoms with E-state index in [1.807, 2.05) is 37.3 Å². The van der Waals surface area contributed by atoms with Crippen molar-refractivity contribution in [2.24, 2.45) is 10.9 Å². The van der Waals surface area contributed by atoms with Crippen LogP contribution in [-0.2, 0) is 4.79 Å². The van der Waals surface area contributed by atoms with Crippen LogP contribution in [-0.4, -0.2) is 27.6 Å². The smallest absolute Gasteiger partial charge is 0.266 e. The topological polar surface area (TPSA) is 52.9 Å². The number of amides is 1. The highest BCUT2D eigenvalue weighted by molar-refractivity contribution is 8.18. The second kappa shape index (κ2) is 7.79. The van der Waals surface area contributed by atoms with E-state index in [4.69, 9.17) is 0 Å². The predicted octanol–water partition coefficient (Wildman–Crippen LogP) is 4.96. The minimum absolute atomic E-state index is 0.0436. The Morgan fingerprint density at radius 2 is 1.92 bits per heavy atom. The van der Waals surface area contributed by atoms with E-state index in [2.05, 4.69) is 18.8 Å². The first-order valence-electron chi connectivity index (χ1n) is 8.58. The van der Waals surface area contributed by atoms with Crippen LogP contribution in [0.5, 0.6) is 5.75 Å². The van der Waals surface area contributed by atoms with E-state index >= 15 is 0 Å². The van der Waals surface area contributed by atoms with Crippen LogP contribution >= 0.6 is 11.8 Å². The van der Waals surface area contributed by atoms with Crippen LogP contribution in [0.3, 0.4) is 0 Å². The minimum atomic E-state index is -0.0436. The van der Waals surface area contributed by atoms with E-state index < -0.39 is 0 Å². The van der Waals surface area contributed by atoms with Gasteiger partial charge in [0.2, 0.25) is 0 Å². The number of carbonyl (C=O) groups is 1. The van der Waals surface area contributed by atoms with Gasteiger partial charge in [0.1, 0.15) is 5.75 Å². The van der Waals surface area contributed by atoms with Crippen molar-refractivity contribution in [3.63, 3.8) is 0 Å². The molecule has 1 aliphatic heterocycles. The molecule has 3 rings (SSSR count). The van der Waals surface area contributed by atoms with Crippen LogP contribution in [0.25, 0.3) is 6.08 Å². The van der Waals surface area contributed by atoms with Gasteiger partial charge in [-0.3, -0.25) is 9.69 Å². The quantitative estimate of drug-likeness (QED) is 0.778. The van der Waals surface area contributed by atoms with Gasteiger partial charge in [0.05, 0.1) is 10.6 Å². The molecule has 1 N–H and O–H groups in total. The molecule has 0 radical (unpaired) electrons. The standard InChI is InChI=1S/C21H22N2O2S/c1-14(2)13-23-20(25)19(12-16-5-4-6-18(24)11-16)26-21(23)22-17-9-7-15(3)8-10-17/h4-12,14,24H,13H2,1-3H3/b19-12+,22-21?. The first kappa shape index (κ1) is 18.3. The molecule has 1 amide bonds. The second-order valence-electron chi connectivity index (χ2n) is 6.75. The number of aromatic hydroxyl groups is 1. The summed E-state index contributed by atoms with van der Waals surface area (Å²) in [5.41, 5.74) is 2.80. The summed E-state index contributed by atoms with van der Waals surface area (Å²) >= 11 is 1.37. The molecule has 0 aromatic heterocycles. The van der Waals surface area contributed by atoms with E-state index in [0.717, 1.165) is 11.3 Å². The molecular weight excluding hydrogens is 344 g/mol. The number of aliphatic imine (C=N–C) groups is 1. The maximum absolute atomic E-state index is 12.9. The zero-order chi connectivity index (χ0) is 18.7. The van der Waals surface area contributed by atoms with Gasteiger partial charge >= 0.3 is 0 Å². The van der Waals surface area contributed by atoms with Gasteiger partial charge in [-0.25, -0.2) is 4.99 Å². The summed E-state index contributed by atoms with van der Waals surface area (Å²) in [6.07, 6.45) is 1.80. The molecule has 0 aliphatic carbocycles. The van der Waals surface area contributed by atoms with Crippen LogP contribution in [0, 0.1) is 12.8 Å². The van der Waals surface area contributed by atoms with Crippen molar-refractivity contribution < 1.29 is 9.90 Å². The number of phenols is 1. The number of benzene rings is 2. The Labute approximate surface area is 158 Å². The van der Waals surface area contributed by atoms with Crippen molar-refractivity contribution in [2.45, 2.75) is 20.8 Å². The fourth-order valence-corrected chi connectivity index (χ4v) is 3.62. The fourth-order valence-electron chi connectivity index (χ4n) is 2.61. The number of aryl methyl sites for hydroxylation is 1. The van der Waals surface area contributed by atoms with Crippen molar-refractivity contribution in [1.82, 2.24) is 4.90 Å². The summed E-state index contributed by atoms with van der Waals surface area (Å²) in [4.78, 5) is 19.9. The van der Waals surface area contributed by atoms with Crippen LogP contribution < -0.4 is 0 Å². The Balaban J connectivity index is 1.95. The molecular formula is C21H22N2O2S. The van der Waals surface area contributed by atoms with Crippen molar-refractivity contribution in [3.8, 4) is 5.75 Å². The van der Waals surface area contributed by atoms with Gasteiger partial charge < -0.3 is 5.11 Å². The molecule has 134 valence electrons. The third kappa shape index (κ3) is 4.35. The molecule has 26 heavy (non-hydrogen) atoms. The number of carbonyl (C=O) groups excluding carboxylic acids is 1. The third-order valence-electron chi connectivity index (χ3n) is 3.86. The highest BCUT2D eigenvalue weighted by Crippen LogP contribution is 2.35. The second-order valence-corrected chi connectivity index (χ2v) is 7.75. The first-order chi connectivity index (χ1) is 12.4. The molecule has 0 atom stereocenters. The Kier molecular flexibility index (Phi) is 5.47. The Hall–Kier alpha value is -2.53. The number of thioether (sulfide) groups is 1. The van der Waals surface area contributed by atoms with E-state index in [0.29, 0.717) is 22.5 Å². The Morgan fingerprint density at radius 1 is 1.19 bits per heavy atom. The highest BCUT2D eigenvalue weighted by Gasteiger charge is 2.33. The first-order valence-corrected chi connectivity index (χ1v) is 9.40. The van der Waals surface area contributed by atoms with Crippen molar-refractivity contribution in [3.05, 3.63) is 64.6 Å². The Morgan fingerprint density at radius 3 is 2.58 bits per heavy atom. The highest BCUT2D eigenvalue weighted by atomic mass is 32.2. The maximum atomic E-state index is 12.9. The zero-order valence-corrected chi connectivity index (χ0v) is 16.0. The van der Waals surface area contributed by atoms with Crippen LogP contribution in [0.15, 0.2) is 58.4 Å². The number of hydrogen-bond acceptors (Lipinski definition) is 4. The lowest BCUT2D eigenvalue weighted by Gasteiger charge is -2.17. The summed E-state index contributed by atoms with van der Waals surface area (Å²) in [6, 6.07) is 14.8. The summed E-state index contributed by atoms with van der Waals surface area (Å²) in [5.74, 6) is 0.475. The SMILES string of the molecule is Cc1ccc(N=C2S/C(=C/c3cccc(O)c3)C(=O)N2CC(C)C)cc1. The predicted molar refractivity (Wildman–Crippen MR) is 108 cm³/mol. The van der Waals surface area contributed by atoms with Crippen LogP contribution in [0.1, 0.15) is 25.0 Å². The van der Waals surface area contributed by atoms with Gasteiger partial charge in [-0.05, 0) is 60.5 Å². The number of phenolic OH excluding ortho intramolecular Hbond substituents is 1. The number of amidine groups is 1. The molecule has 2 aromatic carbocycles. The largest absolute Gasteiger partial charge is 0.508 e. The molecule has 0 saturated carbocycles. The average Bonchev–Trinajstić information content (AvgIpc) is 2.85. The molecule has 1 heterocycles. The van der Waals surface area contributed by atoms with Gasteiger partial charge in [-0.2, -0.15) is 0 Å². The lowest BCUT2D eigenvalue weighted by atomic mass is 10.2. The lowest BCUT2D eigenvalue weighted by molar-refractivity contribution is -0.122. The van der Waals surface area contributed by atoms with E-state index in [9.17, 15) is 9.90 Å². The molecule has 0 unspecified atom stereocenters. The monoisotopic (exact) mass is 366 g/mol. The van der Waals surface area contributed by atoms with E-state index in [-0.39, 0.29) is 11.7 Å². The van der Waals surface area contributed by atoms with E-state index in [1.54, 1.807) is 29.2 Å². The van der Waals surface area contributed by atoms with Crippen molar-refractivity contribution in [2.75, 3.05) is 6.54 Å². The van der Waals surface area contributed by atoms with Gasteiger partial charge in [0.15, 0.2) is 5.17 Å². The summed E-state index contributed by atoms with van der Waals surface area (Å²) in [6.45, 7) is 6.82. The van der Waals surface area contributed by atoms with Crippen LogP contribution in [0.2, 0.25) is 0 Å². The molecule has 0 bridgehead atoms. The zero-order valence-electron chi connectivity index (χ0n) is 15.1. The summed E-state index contributed by atoms with van der Waals surface area (Å²) in [7, 11) is 0. The van der Waals surface area contributed by atoms with Gasteiger partial charge in [-0.15, -0.1) is 0 Å². The minimum Gasteiger partial charge on any atom is -0.508 e. The van der Waals surface area contributed by atoms with Crippen LogP contribution in [0.4, 0.5) is 5.69 Å². The lowest BCUT2D eigenvalue weighted by Crippen LogP contribution is -2.32. The Bertz CT molecular complexity index is 870. The molecule has 2 aromatic rings. The van der Waals surface area contributed by atoms with Gasteiger partial charge in [0, 0.05) is 6.54 Å². The molecule has 0 spiro atoms. The molecule has 1 fully saturated rings. The fraction of sp³-hybridized carbons (Fsp3) is 0.238. The normalized spacial score (nSPS) is 17.7. The van der Waals surface area contributed by atoms with Gasteiger partial charge in [-0.1, -0.05) is 43.7 Å². The number of nitrogens with zero attached hydrogens (tertiary/aromatic N) is 2. The molecule has 5 heteroatoms. The average molecular weight is 366 g/mol. The molecule has 4 nitrogen and oxygen atoms in total. The summed E-state index contributed by atoms with van der Waals surface area (Å²) < 4.78 is 0. The van der Waals surface area contributed by atoms with Gasteiger partial charge in [0.25, 0.3) is 5.91 Å². The number of hydrogen-bond donors (Lipinski definition) is 1. The van der Waals surface area contributed by atoms with Crippen molar-refractivity contribution >= 4 is 34.6 Å².